The zero-order valence-electron chi connectivity index (χ0n) is 11.0. The highest BCUT2D eigenvalue weighted by molar-refractivity contribution is 5.67. The summed E-state index contributed by atoms with van der Waals surface area (Å²) < 4.78 is 26.1. The molecule has 0 amide bonds. The number of hydrogen-bond donors (Lipinski definition) is 1. The monoisotopic (exact) mass is 271 g/mol. The van der Waals surface area contributed by atoms with E-state index in [1.165, 1.54) is 6.07 Å². The smallest absolute Gasteiger partial charge is 0.305 e. The number of carboxylic acid groups (broad SMARTS) is 1. The fraction of sp³-hybridized carbons (Fsp3) is 0.500. The molecule has 0 aliphatic carbocycles. The summed E-state index contributed by atoms with van der Waals surface area (Å²) in [6.07, 6.45) is 2.94. The molecule has 1 N–H and O–H groups in total. The molecule has 0 saturated heterocycles. The fourth-order valence-electron chi connectivity index (χ4n) is 1.84. The molecule has 0 unspecified atom stereocenters. The first-order chi connectivity index (χ1) is 9.04. The van der Waals surface area contributed by atoms with Crippen LogP contribution in [-0.4, -0.2) is 24.2 Å². The van der Waals surface area contributed by atoms with E-state index in [1.807, 2.05) is 0 Å². The SMILES string of the molecule is CCCCCN(CCC(=O)O)c1ccc(F)c(F)c1. The van der Waals surface area contributed by atoms with Gasteiger partial charge < -0.3 is 10.0 Å². The Kier molecular flexibility index (Phi) is 6.25. The Morgan fingerprint density at radius 1 is 1.21 bits per heavy atom. The van der Waals surface area contributed by atoms with Gasteiger partial charge in [-0.25, -0.2) is 8.78 Å². The molecule has 0 bridgehead atoms. The fourth-order valence-corrected chi connectivity index (χ4v) is 1.84. The van der Waals surface area contributed by atoms with E-state index in [2.05, 4.69) is 6.92 Å². The van der Waals surface area contributed by atoms with Gasteiger partial charge in [0.15, 0.2) is 11.6 Å². The number of hydrogen-bond acceptors (Lipinski definition) is 2. The predicted molar refractivity (Wildman–Crippen MR) is 70.3 cm³/mol. The summed E-state index contributed by atoms with van der Waals surface area (Å²) in [4.78, 5) is 12.4. The zero-order chi connectivity index (χ0) is 14.3. The molecule has 0 aliphatic rings. The van der Waals surface area contributed by atoms with E-state index < -0.39 is 17.6 Å². The molecule has 0 radical (unpaired) electrons. The molecule has 1 rings (SSSR count). The summed E-state index contributed by atoms with van der Waals surface area (Å²) in [6.45, 7) is 3.01. The van der Waals surface area contributed by atoms with Gasteiger partial charge in [-0.2, -0.15) is 0 Å². The Labute approximate surface area is 111 Å². The van der Waals surface area contributed by atoms with Crippen molar-refractivity contribution in [2.75, 3.05) is 18.0 Å². The molecule has 5 heteroatoms. The van der Waals surface area contributed by atoms with Crippen LogP contribution in [0.4, 0.5) is 14.5 Å². The average molecular weight is 271 g/mol. The van der Waals surface area contributed by atoms with Gasteiger partial charge in [0.25, 0.3) is 0 Å². The second-order valence-electron chi connectivity index (χ2n) is 4.44. The Bertz CT molecular complexity index is 424. The Morgan fingerprint density at radius 3 is 2.53 bits per heavy atom. The van der Waals surface area contributed by atoms with Crippen LogP contribution in [0.2, 0.25) is 0 Å². The molecule has 0 heterocycles. The standard InChI is InChI=1S/C14H19F2NO2/c1-2-3-4-8-17(9-7-14(18)19)11-5-6-12(15)13(16)10-11/h5-6,10H,2-4,7-9H2,1H3,(H,18,19). The van der Waals surface area contributed by atoms with Crippen LogP contribution in [0.5, 0.6) is 0 Å². The molecule has 106 valence electrons. The molecule has 3 nitrogen and oxygen atoms in total. The highest BCUT2D eigenvalue weighted by Crippen LogP contribution is 2.19. The molecule has 19 heavy (non-hydrogen) atoms. The highest BCUT2D eigenvalue weighted by atomic mass is 19.2. The second kappa shape index (κ2) is 7.71. The molecule has 0 spiro atoms. The van der Waals surface area contributed by atoms with Crippen molar-refractivity contribution in [1.29, 1.82) is 0 Å². The number of anilines is 1. The maximum atomic E-state index is 13.2. The minimum Gasteiger partial charge on any atom is -0.481 e. The number of benzene rings is 1. The van der Waals surface area contributed by atoms with Gasteiger partial charge in [-0.05, 0) is 18.6 Å². The molecular weight excluding hydrogens is 252 g/mol. The van der Waals surface area contributed by atoms with Crippen molar-refractivity contribution in [3.63, 3.8) is 0 Å². The first-order valence-corrected chi connectivity index (χ1v) is 6.46. The van der Waals surface area contributed by atoms with Gasteiger partial charge in [-0.3, -0.25) is 4.79 Å². The largest absolute Gasteiger partial charge is 0.481 e. The maximum Gasteiger partial charge on any atom is 0.305 e. The normalized spacial score (nSPS) is 10.5. The van der Waals surface area contributed by atoms with Crippen molar-refractivity contribution in [2.45, 2.75) is 32.6 Å². The number of carbonyl (C=O) groups is 1. The Hall–Kier alpha value is -1.65. The minimum absolute atomic E-state index is 0.0227. The van der Waals surface area contributed by atoms with E-state index in [4.69, 9.17) is 5.11 Å². The molecule has 0 aromatic heterocycles. The first-order valence-electron chi connectivity index (χ1n) is 6.46. The summed E-state index contributed by atoms with van der Waals surface area (Å²) in [6, 6.07) is 3.66. The summed E-state index contributed by atoms with van der Waals surface area (Å²) in [5, 5.41) is 8.72. The topological polar surface area (TPSA) is 40.5 Å². The van der Waals surface area contributed by atoms with Crippen molar-refractivity contribution in [2.24, 2.45) is 0 Å². The van der Waals surface area contributed by atoms with E-state index in [1.54, 1.807) is 4.90 Å². The lowest BCUT2D eigenvalue weighted by Crippen LogP contribution is -2.27. The minimum atomic E-state index is -0.909. The first kappa shape index (κ1) is 15.4. The summed E-state index contributed by atoms with van der Waals surface area (Å²) >= 11 is 0. The van der Waals surface area contributed by atoms with Crippen molar-refractivity contribution < 1.29 is 18.7 Å². The van der Waals surface area contributed by atoms with Gasteiger partial charge in [0, 0.05) is 24.8 Å². The molecule has 1 aromatic rings. The zero-order valence-corrected chi connectivity index (χ0v) is 11.0. The molecule has 0 saturated carbocycles. The molecule has 0 aliphatic heterocycles. The Balaban J connectivity index is 2.74. The number of unbranched alkanes of at least 4 members (excludes halogenated alkanes) is 2. The van der Waals surface area contributed by atoms with Crippen molar-refractivity contribution in [3.05, 3.63) is 29.8 Å². The maximum absolute atomic E-state index is 13.2. The third kappa shape index (κ3) is 5.24. The summed E-state index contributed by atoms with van der Waals surface area (Å²) in [5.74, 6) is -2.70. The van der Waals surface area contributed by atoms with Gasteiger partial charge in [0.2, 0.25) is 0 Å². The van der Waals surface area contributed by atoms with Crippen LogP contribution in [0.25, 0.3) is 0 Å². The summed E-state index contributed by atoms with van der Waals surface area (Å²) in [7, 11) is 0. The van der Waals surface area contributed by atoms with Crippen LogP contribution in [-0.2, 0) is 4.79 Å². The highest BCUT2D eigenvalue weighted by Gasteiger charge is 2.11. The summed E-state index contributed by atoms with van der Waals surface area (Å²) in [5.41, 5.74) is 0.524. The quantitative estimate of drug-likeness (QED) is 0.736. The third-order valence-corrected chi connectivity index (χ3v) is 2.90. The van der Waals surface area contributed by atoms with Gasteiger partial charge in [0.1, 0.15) is 0 Å². The van der Waals surface area contributed by atoms with Crippen LogP contribution >= 0.6 is 0 Å². The van der Waals surface area contributed by atoms with Crippen LogP contribution in [0.1, 0.15) is 32.6 Å². The second-order valence-corrected chi connectivity index (χ2v) is 4.44. The van der Waals surface area contributed by atoms with E-state index in [0.29, 0.717) is 18.8 Å². The van der Waals surface area contributed by atoms with Crippen molar-refractivity contribution in [1.82, 2.24) is 0 Å². The molecule has 1 aromatic carbocycles. The van der Waals surface area contributed by atoms with Crippen LogP contribution in [0.15, 0.2) is 18.2 Å². The predicted octanol–water partition coefficient (Wildman–Crippen LogP) is 3.44. The van der Waals surface area contributed by atoms with Gasteiger partial charge in [-0.1, -0.05) is 19.8 Å². The van der Waals surface area contributed by atoms with Crippen molar-refractivity contribution in [3.8, 4) is 0 Å². The number of aliphatic carboxylic acids is 1. The van der Waals surface area contributed by atoms with E-state index in [9.17, 15) is 13.6 Å². The van der Waals surface area contributed by atoms with Crippen molar-refractivity contribution >= 4 is 11.7 Å². The van der Waals surface area contributed by atoms with Gasteiger partial charge in [-0.15, -0.1) is 0 Å². The molecule has 0 atom stereocenters. The Morgan fingerprint density at radius 2 is 1.95 bits per heavy atom. The van der Waals surface area contributed by atoms with E-state index in [0.717, 1.165) is 31.4 Å². The van der Waals surface area contributed by atoms with Gasteiger partial charge in [0.05, 0.1) is 6.42 Å². The number of nitrogens with zero attached hydrogens (tertiary/aromatic N) is 1. The lowest BCUT2D eigenvalue weighted by Gasteiger charge is -2.24. The lowest BCUT2D eigenvalue weighted by molar-refractivity contribution is -0.136. The van der Waals surface area contributed by atoms with Crippen LogP contribution in [0.3, 0.4) is 0 Å². The average Bonchev–Trinajstić information content (AvgIpc) is 2.37. The van der Waals surface area contributed by atoms with Crippen LogP contribution in [0, 0.1) is 11.6 Å². The third-order valence-electron chi connectivity index (χ3n) is 2.90. The number of carboxylic acids is 1. The van der Waals surface area contributed by atoms with E-state index >= 15 is 0 Å². The van der Waals surface area contributed by atoms with E-state index in [-0.39, 0.29) is 6.42 Å². The number of halogens is 2. The molecule has 0 fully saturated rings. The van der Waals surface area contributed by atoms with Gasteiger partial charge >= 0.3 is 5.97 Å². The molecular formula is C14H19F2NO2. The number of rotatable bonds is 8. The lowest BCUT2D eigenvalue weighted by atomic mass is 10.2. The van der Waals surface area contributed by atoms with Crippen LogP contribution < -0.4 is 4.90 Å².